The SMILES string of the molecule is Cc1cccc(C)c1Cn1cc(N)ccc1=O. The van der Waals surface area contributed by atoms with Crippen LogP contribution in [0.2, 0.25) is 0 Å². The van der Waals surface area contributed by atoms with E-state index in [1.807, 2.05) is 6.07 Å². The molecule has 0 fully saturated rings. The number of anilines is 1. The van der Waals surface area contributed by atoms with E-state index in [9.17, 15) is 4.79 Å². The highest BCUT2D eigenvalue weighted by Gasteiger charge is 2.04. The van der Waals surface area contributed by atoms with Crippen molar-refractivity contribution < 1.29 is 0 Å². The summed E-state index contributed by atoms with van der Waals surface area (Å²) < 4.78 is 1.64. The molecule has 0 aliphatic carbocycles. The van der Waals surface area contributed by atoms with E-state index in [4.69, 9.17) is 5.73 Å². The number of hydrogen-bond acceptors (Lipinski definition) is 2. The van der Waals surface area contributed by atoms with Gasteiger partial charge in [-0.15, -0.1) is 0 Å². The molecular weight excluding hydrogens is 212 g/mol. The molecule has 0 radical (unpaired) electrons. The van der Waals surface area contributed by atoms with Crippen LogP contribution in [-0.4, -0.2) is 4.57 Å². The first-order chi connectivity index (χ1) is 8.08. The molecule has 17 heavy (non-hydrogen) atoms. The predicted octanol–water partition coefficient (Wildman–Crippen LogP) is 2.10. The zero-order valence-electron chi connectivity index (χ0n) is 10.1. The summed E-state index contributed by atoms with van der Waals surface area (Å²) >= 11 is 0. The smallest absolute Gasteiger partial charge is 0.250 e. The Kier molecular flexibility index (Phi) is 3.00. The van der Waals surface area contributed by atoms with E-state index in [0.717, 1.165) is 0 Å². The molecular formula is C14H16N2O. The van der Waals surface area contributed by atoms with E-state index in [2.05, 4.69) is 26.0 Å². The van der Waals surface area contributed by atoms with Gasteiger partial charge in [-0.1, -0.05) is 18.2 Å². The molecule has 1 aromatic heterocycles. The van der Waals surface area contributed by atoms with E-state index in [1.165, 1.54) is 22.8 Å². The molecule has 0 unspecified atom stereocenters. The molecule has 0 saturated heterocycles. The van der Waals surface area contributed by atoms with Crippen molar-refractivity contribution in [1.82, 2.24) is 4.57 Å². The Morgan fingerprint density at radius 2 is 1.76 bits per heavy atom. The third-order valence-corrected chi connectivity index (χ3v) is 2.98. The molecule has 0 aliphatic heterocycles. The van der Waals surface area contributed by atoms with Gasteiger partial charge in [-0.2, -0.15) is 0 Å². The lowest BCUT2D eigenvalue weighted by molar-refractivity contribution is 0.753. The lowest BCUT2D eigenvalue weighted by Crippen LogP contribution is -2.20. The Hall–Kier alpha value is -2.03. The van der Waals surface area contributed by atoms with Crippen molar-refractivity contribution >= 4 is 5.69 Å². The van der Waals surface area contributed by atoms with Gasteiger partial charge in [0.2, 0.25) is 0 Å². The molecule has 0 spiro atoms. The van der Waals surface area contributed by atoms with Gasteiger partial charge in [0.1, 0.15) is 0 Å². The Balaban J connectivity index is 2.45. The number of aromatic nitrogens is 1. The van der Waals surface area contributed by atoms with Crippen LogP contribution in [0.15, 0.2) is 41.3 Å². The van der Waals surface area contributed by atoms with Crippen LogP contribution in [0, 0.1) is 13.8 Å². The number of rotatable bonds is 2. The second-order valence-electron chi connectivity index (χ2n) is 4.30. The number of benzene rings is 1. The molecule has 1 aromatic carbocycles. The van der Waals surface area contributed by atoms with Crippen LogP contribution in [0.3, 0.4) is 0 Å². The Labute approximate surface area is 101 Å². The quantitative estimate of drug-likeness (QED) is 0.855. The van der Waals surface area contributed by atoms with E-state index in [-0.39, 0.29) is 5.56 Å². The number of aryl methyl sites for hydroxylation is 2. The number of pyridine rings is 1. The standard InChI is InChI=1S/C14H16N2O/c1-10-4-3-5-11(2)13(10)9-16-8-12(15)6-7-14(16)17/h3-8H,9,15H2,1-2H3. The second-order valence-corrected chi connectivity index (χ2v) is 4.30. The molecule has 0 bridgehead atoms. The Bertz CT molecular complexity index is 579. The van der Waals surface area contributed by atoms with Gasteiger partial charge in [0.15, 0.2) is 0 Å². The molecule has 2 rings (SSSR count). The molecule has 2 N–H and O–H groups in total. The van der Waals surface area contributed by atoms with Crippen molar-refractivity contribution in [3.8, 4) is 0 Å². The second kappa shape index (κ2) is 4.45. The summed E-state index contributed by atoms with van der Waals surface area (Å²) in [6.45, 7) is 4.68. The number of nitrogen functional groups attached to an aromatic ring is 1. The summed E-state index contributed by atoms with van der Waals surface area (Å²) in [5.74, 6) is 0. The lowest BCUT2D eigenvalue weighted by Gasteiger charge is -2.11. The molecule has 0 saturated carbocycles. The average Bonchev–Trinajstić information content (AvgIpc) is 2.28. The largest absolute Gasteiger partial charge is 0.398 e. The normalized spacial score (nSPS) is 10.5. The highest BCUT2D eigenvalue weighted by atomic mass is 16.1. The Morgan fingerprint density at radius 3 is 2.41 bits per heavy atom. The molecule has 2 aromatic rings. The van der Waals surface area contributed by atoms with Gasteiger partial charge in [-0.3, -0.25) is 4.79 Å². The molecule has 0 aliphatic rings. The fourth-order valence-electron chi connectivity index (χ4n) is 1.94. The van der Waals surface area contributed by atoms with Crippen molar-refractivity contribution in [3.63, 3.8) is 0 Å². The molecule has 0 amide bonds. The van der Waals surface area contributed by atoms with Crippen molar-refractivity contribution in [2.75, 3.05) is 5.73 Å². The summed E-state index contributed by atoms with van der Waals surface area (Å²) in [5.41, 5.74) is 9.85. The van der Waals surface area contributed by atoms with Gasteiger partial charge in [0.05, 0.1) is 6.54 Å². The van der Waals surface area contributed by atoms with Gasteiger partial charge in [0, 0.05) is 18.0 Å². The van der Waals surface area contributed by atoms with E-state index < -0.39 is 0 Å². The van der Waals surface area contributed by atoms with Crippen molar-refractivity contribution in [2.45, 2.75) is 20.4 Å². The first kappa shape index (κ1) is 11.5. The summed E-state index contributed by atoms with van der Waals surface area (Å²) in [5, 5.41) is 0. The van der Waals surface area contributed by atoms with Crippen LogP contribution >= 0.6 is 0 Å². The zero-order valence-corrected chi connectivity index (χ0v) is 10.1. The van der Waals surface area contributed by atoms with Crippen LogP contribution in [-0.2, 0) is 6.54 Å². The third kappa shape index (κ3) is 2.38. The van der Waals surface area contributed by atoms with Gasteiger partial charge >= 0.3 is 0 Å². The maximum absolute atomic E-state index is 11.7. The summed E-state index contributed by atoms with van der Waals surface area (Å²) in [6.07, 6.45) is 1.69. The minimum Gasteiger partial charge on any atom is -0.398 e. The van der Waals surface area contributed by atoms with Crippen LogP contribution < -0.4 is 11.3 Å². The minimum atomic E-state index is -0.0261. The maximum Gasteiger partial charge on any atom is 0.250 e. The van der Waals surface area contributed by atoms with E-state index in [0.29, 0.717) is 12.2 Å². The first-order valence-corrected chi connectivity index (χ1v) is 5.59. The van der Waals surface area contributed by atoms with Crippen molar-refractivity contribution in [1.29, 1.82) is 0 Å². The van der Waals surface area contributed by atoms with Crippen molar-refractivity contribution in [3.05, 3.63) is 63.6 Å². The molecule has 3 nitrogen and oxygen atoms in total. The maximum atomic E-state index is 11.7. The first-order valence-electron chi connectivity index (χ1n) is 5.59. The summed E-state index contributed by atoms with van der Waals surface area (Å²) in [7, 11) is 0. The fourth-order valence-corrected chi connectivity index (χ4v) is 1.94. The van der Waals surface area contributed by atoms with Gasteiger partial charge in [-0.05, 0) is 36.6 Å². The van der Waals surface area contributed by atoms with Crippen LogP contribution in [0.25, 0.3) is 0 Å². The van der Waals surface area contributed by atoms with Crippen LogP contribution in [0.1, 0.15) is 16.7 Å². The summed E-state index contributed by atoms with van der Waals surface area (Å²) in [4.78, 5) is 11.7. The van der Waals surface area contributed by atoms with Gasteiger partial charge < -0.3 is 10.3 Å². The van der Waals surface area contributed by atoms with Gasteiger partial charge in [0.25, 0.3) is 5.56 Å². The van der Waals surface area contributed by atoms with E-state index in [1.54, 1.807) is 16.8 Å². The summed E-state index contributed by atoms with van der Waals surface area (Å²) in [6, 6.07) is 9.27. The predicted molar refractivity (Wildman–Crippen MR) is 70.1 cm³/mol. The minimum absolute atomic E-state index is 0.0261. The van der Waals surface area contributed by atoms with Crippen molar-refractivity contribution in [2.24, 2.45) is 0 Å². The highest BCUT2D eigenvalue weighted by molar-refractivity contribution is 5.36. The van der Waals surface area contributed by atoms with Crippen LogP contribution in [0.5, 0.6) is 0 Å². The average molecular weight is 228 g/mol. The number of nitrogens with zero attached hydrogens (tertiary/aromatic N) is 1. The Morgan fingerprint density at radius 1 is 1.12 bits per heavy atom. The molecule has 3 heteroatoms. The van der Waals surface area contributed by atoms with Crippen LogP contribution in [0.4, 0.5) is 5.69 Å². The lowest BCUT2D eigenvalue weighted by atomic mass is 10.0. The van der Waals surface area contributed by atoms with E-state index >= 15 is 0 Å². The number of nitrogens with two attached hydrogens (primary N) is 1. The topological polar surface area (TPSA) is 48.0 Å². The highest BCUT2D eigenvalue weighted by Crippen LogP contribution is 2.14. The fraction of sp³-hybridized carbons (Fsp3) is 0.214. The van der Waals surface area contributed by atoms with Gasteiger partial charge in [-0.25, -0.2) is 0 Å². The molecule has 1 heterocycles. The third-order valence-electron chi connectivity index (χ3n) is 2.98. The number of hydrogen-bond donors (Lipinski definition) is 1. The zero-order chi connectivity index (χ0) is 12.4. The molecule has 0 atom stereocenters. The monoisotopic (exact) mass is 228 g/mol. The molecule has 88 valence electrons.